The minimum absolute atomic E-state index is 0.0495. The summed E-state index contributed by atoms with van der Waals surface area (Å²) in [7, 11) is -1.70. The Labute approximate surface area is 202 Å². The number of Topliss-reactive ketones (excluding diaryl/α,β-unsaturated/α-hetero) is 1. The zero-order chi connectivity index (χ0) is 24.4. The van der Waals surface area contributed by atoms with Gasteiger partial charge in [-0.1, -0.05) is 46.3 Å². The molecule has 1 fully saturated rings. The Morgan fingerprint density at radius 2 is 1.88 bits per heavy atom. The molecule has 0 N–H and O–H groups in total. The Kier molecular flexibility index (Phi) is 8.49. The minimum Gasteiger partial charge on any atom is -0.417 e. The van der Waals surface area contributed by atoms with Crippen molar-refractivity contribution in [3.05, 3.63) is 22.8 Å². The average Bonchev–Trinajstić information content (AvgIpc) is 3.38. The van der Waals surface area contributed by atoms with Crippen LogP contribution in [0.5, 0.6) is 0 Å². The molecule has 5 nitrogen and oxygen atoms in total. The molecule has 2 heterocycles. The second-order valence-electron chi connectivity index (χ2n) is 12.0. The van der Waals surface area contributed by atoms with Gasteiger partial charge in [0, 0.05) is 18.6 Å². The normalized spacial score (nSPS) is 29.8. The summed E-state index contributed by atoms with van der Waals surface area (Å²) < 4.78 is 23.9. The molecule has 0 radical (unpaired) electrons. The smallest absolute Gasteiger partial charge is 0.191 e. The van der Waals surface area contributed by atoms with Crippen molar-refractivity contribution in [2.45, 2.75) is 104 Å². The van der Waals surface area contributed by atoms with Crippen molar-refractivity contribution in [3.8, 4) is 0 Å². The van der Waals surface area contributed by atoms with Gasteiger partial charge in [-0.3, -0.25) is 4.79 Å². The highest BCUT2D eigenvalue weighted by Gasteiger charge is 2.47. The first-order chi connectivity index (χ1) is 15.3. The molecule has 3 rings (SSSR count). The quantitative estimate of drug-likeness (QED) is 0.224. The molecule has 0 aromatic heterocycles. The molecule has 33 heavy (non-hydrogen) atoms. The zero-order valence-electron chi connectivity index (χ0n) is 22.2. The molecule has 1 unspecified atom stereocenters. The van der Waals surface area contributed by atoms with Crippen LogP contribution >= 0.6 is 0 Å². The Morgan fingerprint density at radius 1 is 1.21 bits per heavy atom. The molecule has 1 saturated heterocycles. The lowest BCUT2D eigenvalue weighted by Crippen LogP contribution is -2.40. The molecule has 1 aliphatic carbocycles. The Hall–Kier alpha value is -0.793. The first kappa shape index (κ1) is 26.8. The van der Waals surface area contributed by atoms with Crippen molar-refractivity contribution in [1.29, 1.82) is 0 Å². The summed E-state index contributed by atoms with van der Waals surface area (Å²) >= 11 is 0. The summed E-state index contributed by atoms with van der Waals surface area (Å²) in [5, 5.41) is 0.236. The predicted octanol–water partition coefficient (Wildman–Crippen LogP) is 6.20. The summed E-state index contributed by atoms with van der Waals surface area (Å²) in [5.41, 5.74) is 3.35. The number of ether oxygens (including phenoxy) is 3. The summed E-state index contributed by atoms with van der Waals surface area (Å²) in [5.74, 6) is 0.557. The van der Waals surface area contributed by atoms with Gasteiger partial charge in [0.25, 0.3) is 0 Å². The largest absolute Gasteiger partial charge is 0.417 e. The molecule has 3 atom stereocenters. The number of carbonyl (C=O) groups is 1. The highest BCUT2D eigenvalue weighted by Crippen LogP contribution is 2.50. The van der Waals surface area contributed by atoms with Crippen molar-refractivity contribution >= 4 is 14.1 Å². The van der Waals surface area contributed by atoms with E-state index in [9.17, 15) is 4.79 Å². The predicted molar refractivity (Wildman–Crippen MR) is 135 cm³/mol. The summed E-state index contributed by atoms with van der Waals surface area (Å²) in [6, 6.07) is 0. The third kappa shape index (κ3) is 6.07. The standard InChI is InChI=1S/C27H46O5Si/c1-19(10-9-13-32-33(7,8)26(3,4)5)16-23-25-21(18-31-23)27(6,20(2)17-22(25)28)12-11-24-29-14-15-30-24/h16,20,23-24H,9-15,17-18H2,1-8H3/b19-16+/t20-,23?,27-/m1/s1. The molecule has 0 spiro atoms. The Morgan fingerprint density at radius 3 is 2.52 bits per heavy atom. The maximum absolute atomic E-state index is 13.1. The molecule has 0 aromatic carbocycles. The third-order valence-corrected chi connectivity index (χ3v) is 13.1. The molecule has 0 saturated carbocycles. The van der Waals surface area contributed by atoms with Gasteiger partial charge in [-0.05, 0) is 67.6 Å². The van der Waals surface area contributed by atoms with E-state index in [1.807, 2.05) is 0 Å². The van der Waals surface area contributed by atoms with Gasteiger partial charge in [-0.15, -0.1) is 0 Å². The van der Waals surface area contributed by atoms with E-state index in [4.69, 9.17) is 18.6 Å². The van der Waals surface area contributed by atoms with Crippen LogP contribution in [0.15, 0.2) is 22.8 Å². The number of hydrogen-bond donors (Lipinski definition) is 0. The maximum Gasteiger partial charge on any atom is 0.191 e. The molecular weight excluding hydrogens is 432 g/mol. The van der Waals surface area contributed by atoms with E-state index in [2.05, 4.69) is 60.7 Å². The molecular formula is C27H46O5Si. The molecule has 0 amide bonds. The highest BCUT2D eigenvalue weighted by atomic mass is 28.4. The lowest BCUT2D eigenvalue weighted by atomic mass is 9.62. The van der Waals surface area contributed by atoms with Crippen LogP contribution in [0.4, 0.5) is 0 Å². The minimum atomic E-state index is -1.70. The Balaban J connectivity index is 1.63. The van der Waals surface area contributed by atoms with Crippen molar-refractivity contribution in [1.82, 2.24) is 0 Å². The second-order valence-corrected chi connectivity index (χ2v) is 16.8. The lowest BCUT2D eigenvalue weighted by Gasteiger charge is -2.41. The van der Waals surface area contributed by atoms with Crippen LogP contribution in [0.1, 0.15) is 73.6 Å². The van der Waals surface area contributed by atoms with E-state index in [0.717, 1.165) is 37.9 Å². The number of allylic oxidation sites excluding steroid dienone is 1. The third-order valence-electron chi connectivity index (χ3n) is 8.60. The lowest BCUT2D eigenvalue weighted by molar-refractivity contribution is -0.118. The Bertz CT molecular complexity index is 772. The number of rotatable bonds is 9. The average molecular weight is 479 g/mol. The SMILES string of the molecule is C/C(=C\C1OCC2=C1C(=O)C[C@@H](C)[C@@]2(C)CCC1OCCO1)CCCO[Si](C)(C)C(C)(C)C. The van der Waals surface area contributed by atoms with E-state index in [1.54, 1.807) is 0 Å². The van der Waals surface area contributed by atoms with Crippen LogP contribution in [0, 0.1) is 11.3 Å². The van der Waals surface area contributed by atoms with Crippen LogP contribution in [-0.2, 0) is 23.4 Å². The van der Waals surface area contributed by atoms with Crippen LogP contribution < -0.4 is 0 Å². The first-order valence-electron chi connectivity index (χ1n) is 12.8. The van der Waals surface area contributed by atoms with Gasteiger partial charge >= 0.3 is 0 Å². The van der Waals surface area contributed by atoms with Crippen LogP contribution in [0.25, 0.3) is 0 Å². The van der Waals surface area contributed by atoms with Crippen molar-refractivity contribution < 1.29 is 23.4 Å². The molecule has 3 aliphatic rings. The van der Waals surface area contributed by atoms with E-state index in [0.29, 0.717) is 32.2 Å². The molecule has 2 aliphatic heterocycles. The molecule has 6 heteroatoms. The van der Waals surface area contributed by atoms with E-state index < -0.39 is 8.32 Å². The van der Waals surface area contributed by atoms with Crippen LogP contribution in [-0.4, -0.2) is 52.9 Å². The van der Waals surface area contributed by atoms with Crippen LogP contribution in [0.3, 0.4) is 0 Å². The summed E-state index contributed by atoms with van der Waals surface area (Å²) in [4.78, 5) is 13.1. The van der Waals surface area contributed by atoms with Crippen LogP contribution in [0.2, 0.25) is 18.1 Å². The highest BCUT2D eigenvalue weighted by molar-refractivity contribution is 6.74. The topological polar surface area (TPSA) is 54.0 Å². The van der Waals surface area contributed by atoms with Gasteiger partial charge in [0.05, 0.1) is 19.8 Å². The fraction of sp³-hybridized carbons (Fsp3) is 0.815. The first-order valence-corrected chi connectivity index (χ1v) is 15.7. The van der Waals surface area contributed by atoms with Gasteiger partial charge in [-0.25, -0.2) is 0 Å². The zero-order valence-corrected chi connectivity index (χ0v) is 23.2. The van der Waals surface area contributed by atoms with Gasteiger partial charge in [0.15, 0.2) is 20.4 Å². The van der Waals surface area contributed by atoms with Crippen molar-refractivity contribution in [2.24, 2.45) is 11.3 Å². The maximum atomic E-state index is 13.1. The van der Waals surface area contributed by atoms with Crippen molar-refractivity contribution in [2.75, 3.05) is 26.4 Å². The molecule has 188 valence electrons. The fourth-order valence-electron chi connectivity index (χ4n) is 4.97. The summed E-state index contributed by atoms with van der Waals surface area (Å²) in [6.07, 6.45) is 6.23. The van der Waals surface area contributed by atoms with Gasteiger partial charge < -0.3 is 18.6 Å². The fourth-order valence-corrected chi connectivity index (χ4v) is 6.06. The number of ketones is 1. The van der Waals surface area contributed by atoms with Crippen molar-refractivity contribution in [3.63, 3.8) is 0 Å². The summed E-state index contributed by atoms with van der Waals surface area (Å²) in [6.45, 7) is 20.8. The molecule has 0 bridgehead atoms. The van der Waals surface area contributed by atoms with Gasteiger partial charge in [-0.2, -0.15) is 0 Å². The van der Waals surface area contributed by atoms with Gasteiger partial charge in [0.2, 0.25) is 0 Å². The number of hydrogen-bond acceptors (Lipinski definition) is 5. The van der Waals surface area contributed by atoms with E-state index >= 15 is 0 Å². The van der Waals surface area contributed by atoms with Gasteiger partial charge in [0.1, 0.15) is 6.10 Å². The molecule has 0 aromatic rings. The monoisotopic (exact) mass is 478 g/mol. The van der Waals surface area contributed by atoms with E-state index in [-0.39, 0.29) is 28.6 Å². The van der Waals surface area contributed by atoms with E-state index in [1.165, 1.54) is 11.1 Å². The second kappa shape index (κ2) is 10.4. The number of carbonyl (C=O) groups excluding carboxylic acids is 1.